The van der Waals surface area contributed by atoms with Gasteiger partial charge in [0.2, 0.25) is 0 Å². The molecule has 1 spiro atoms. The maximum absolute atomic E-state index is 10.3. The molecule has 0 bridgehead atoms. The number of aliphatic hydroxyl groups is 1. The van der Waals surface area contributed by atoms with Crippen molar-refractivity contribution >= 4 is 0 Å². The van der Waals surface area contributed by atoms with Crippen molar-refractivity contribution in [1.82, 2.24) is 0 Å². The fourth-order valence-electron chi connectivity index (χ4n) is 9.11. The highest BCUT2D eigenvalue weighted by atomic mass is 16.3. The van der Waals surface area contributed by atoms with Crippen LogP contribution in [0.5, 0.6) is 0 Å². The summed E-state index contributed by atoms with van der Waals surface area (Å²) in [6.45, 7) is 12.3. The average molecular weight is 397 g/mol. The molecule has 0 aromatic carbocycles. The van der Waals surface area contributed by atoms with Gasteiger partial charge in [-0.25, -0.2) is 0 Å². The number of rotatable bonds is 4. The monoisotopic (exact) mass is 396 g/mol. The lowest BCUT2D eigenvalue weighted by atomic mass is 9.56. The van der Waals surface area contributed by atoms with Gasteiger partial charge in [-0.2, -0.15) is 0 Å². The first-order valence-corrected chi connectivity index (χ1v) is 12.9. The van der Waals surface area contributed by atoms with Gasteiger partial charge in [0, 0.05) is 0 Å². The zero-order valence-electron chi connectivity index (χ0n) is 19.6. The van der Waals surface area contributed by atoms with Crippen LogP contribution in [0.4, 0.5) is 0 Å². The fourth-order valence-corrected chi connectivity index (χ4v) is 9.11. The topological polar surface area (TPSA) is 20.2 Å². The lowest BCUT2D eigenvalue weighted by molar-refractivity contribution is 0.0117. The van der Waals surface area contributed by atoms with Gasteiger partial charge in [-0.1, -0.05) is 64.3 Å². The second-order valence-electron chi connectivity index (χ2n) is 12.4. The third kappa shape index (κ3) is 2.89. The van der Waals surface area contributed by atoms with Gasteiger partial charge >= 0.3 is 0 Å². The van der Waals surface area contributed by atoms with Crippen molar-refractivity contribution in [1.29, 1.82) is 0 Å². The summed E-state index contributed by atoms with van der Waals surface area (Å²) in [4.78, 5) is 0. The highest BCUT2D eigenvalue weighted by Crippen LogP contribution is 2.82. The van der Waals surface area contributed by atoms with Crippen LogP contribution in [0.2, 0.25) is 0 Å². The standard InChI is InChI=1S/C28H44O/c1-17(2)18(3)7-8-19(4)23-11-12-25-27(23,5)13-6-14-28(25)24-15-20-9-10-21(29)16-22(20)26(24)28/h7-8,17-19,21,23-26,29H,6,9-16H2,1-5H3/b8-7+/t18-,19+,21-,23+,24-,25+,26?,27+,28?/m0/s1. The van der Waals surface area contributed by atoms with Crippen molar-refractivity contribution in [3.05, 3.63) is 23.3 Å². The Balaban J connectivity index is 1.36. The lowest BCUT2D eigenvalue weighted by Gasteiger charge is -2.49. The molecule has 0 aromatic rings. The zero-order chi connectivity index (χ0) is 20.6. The summed E-state index contributed by atoms with van der Waals surface area (Å²) in [6, 6.07) is 0. The van der Waals surface area contributed by atoms with Crippen LogP contribution in [-0.4, -0.2) is 11.2 Å². The van der Waals surface area contributed by atoms with E-state index in [-0.39, 0.29) is 6.10 Å². The second kappa shape index (κ2) is 6.98. The van der Waals surface area contributed by atoms with E-state index in [1.54, 1.807) is 11.1 Å². The van der Waals surface area contributed by atoms with E-state index in [4.69, 9.17) is 0 Å². The molecule has 5 aliphatic carbocycles. The van der Waals surface area contributed by atoms with E-state index in [2.05, 4.69) is 46.8 Å². The maximum atomic E-state index is 10.3. The molecule has 162 valence electrons. The molecule has 1 nitrogen and oxygen atoms in total. The van der Waals surface area contributed by atoms with Crippen LogP contribution in [0.15, 0.2) is 23.3 Å². The van der Waals surface area contributed by atoms with E-state index in [9.17, 15) is 5.11 Å². The van der Waals surface area contributed by atoms with Crippen LogP contribution in [-0.2, 0) is 0 Å². The van der Waals surface area contributed by atoms with Crippen LogP contribution < -0.4 is 0 Å². The highest BCUT2D eigenvalue weighted by molar-refractivity contribution is 5.42. The van der Waals surface area contributed by atoms with Crippen LogP contribution in [0, 0.1) is 52.3 Å². The summed E-state index contributed by atoms with van der Waals surface area (Å²) in [5.74, 6) is 5.76. The molecule has 1 heteroatoms. The largest absolute Gasteiger partial charge is 0.393 e. The normalized spacial score (nSPS) is 48.2. The van der Waals surface area contributed by atoms with E-state index in [0.29, 0.717) is 22.7 Å². The number of aliphatic hydroxyl groups excluding tert-OH is 1. The third-order valence-electron chi connectivity index (χ3n) is 10.9. The van der Waals surface area contributed by atoms with Crippen LogP contribution in [0.3, 0.4) is 0 Å². The first-order valence-electron chi connectivity index (χ1n) is 12.9. The molecule has 3 saturated carbocycles. The number of hydrogen-bond acceptors (Lipinski definition) is 1. The lowest BCUT2D eigenvalue weighted by Crippen LogP contribution is -2.41. The summed E-state index contributed by atoms with van der Waals surface area (Å²) >= 11 is 0. The van der Waals surface area contributed by atoms with Crippen molar-refractivity contribution in [2.24, 2.45) is 52.3 Å². The summed E-state index contributed by atoms with van der Waals surface area (Å²) in [5.41, 5.74) is 4.70. The fraction of sp³-hybridized carbons (Fsp3) is 0.857. The first-order chi connectivity index (χ1) is 13.8. The molecule has 5 rings (SSSR count). The number of allylic oxidation sites excluding steroid dienone is 3. The molecule has 9 atom stereocenters. The Morgan fingerprint density at radius 2 is 1.79 bits per heavy atom. The van der Waals surface area contributed by atoms with Gasteiger partial charge < -0.3 is 5.11 Å². The van der Waals surface area contributed by atoms with Crippen molar-refractivity contribution in [2.75, 3.05) is 0 Å². The van der Waals surface area contributed by atoms with Crippen molar-refractivity contribution in [2.45, 2.75) is 98.5 Å². The molecule has 0 aliphatic heterocycles. The molecule has 5 aliphatic rings. The van der Waals surface area contributed by atoms with Gasteiger partial charge in [0.25, 0.3) is 0 Å². The Bertz CT molecular complexity index is 716. The molecule has 2 unspecified atom stereocenters. The van der Waals surface area contributed by atoms with E-state index in [0.717, 1.165) is 42.4 Å². The molecule has 0 saturated heterocycles. The Morgan fingerprint density at radius 3 is 2.55 bits per heavy atom. The number of hydrogen-bond donors (Lipinski definition) is 1. The van der Waals surface area contributed by atoms with Crippen LogP contribution >= 0.6 is 0 Å². The summed E-state index contributed by atoms with van der Waals surface area (Å²) in [5, 5.41) is 10.3. The molecule has 1 N–H and O–H groups in total. The van der Waals surface area contributed by atoms with Gasteiger partial charge in [0.15, 0.2) is 0 Å². The SMILES string of the molecule is CC(C)[C@@H](C)/C=C/[C@@H](C)[C@H]1CC[C@H]2C3(CCC[C@]12C)C1C2=C(CC[C@H](O)C2)C[C@@H]13. The molecule has 0 radical (unpaired) electrons. The Kier molecular flexibility index (Phi) is 4.89. The maximum Gasteiger partial charge on any atom is 0.0580 e. The van der Waals surface area contributed by atoms with Crippen LogP contribution in [0.25, 0.3) is 0 Å². The minimum Gasteiger partial charge on any atom is -0.393 e. The molecule has 0 amide bonds. The van der Waals surface area contributed by atoms with Gasteiger partial charge in [-0.3, -0.25) is 0 Å². The average Bonchev–Trinajstić information content (AvgIpc) is 2.97. The molecule has 0 aromatic heterocycles. The van der Waals surface area contributed by atoms with E-state index in [1.165, 1.54) is 44.9 Å². The summed E-state index contributed by atoms with van der Waals surface area (Å²) in [7, 11) is 0. The van der Waals surface area contributed by atoms with Crippen molar-refractivity contribution in [3.63, 3.8) is 0 Å². The molecule has 3 fully saturated rings. The van der Waals surface area contributed by atoms with Gasteiger partial charge in [-0.05, 0) is 104 Å². The van der Waals surface area contributed by atoms with Gasteiger partial charge in [-0.15, -0.1) is 0 Å². The Morgan fingerprint density at radius 1 is 1.00 bits per heavy atom. The highest BCUT2D eigenvalue weighted by Gasteiger charge is 2.75. The minimum atomic E-state index is -0.0513. The predicted molar refractivity (Wildman–Crippen MR) is 121 cm³/mol. The van der Waals surface area contributed by atoms with E-state index < -0.39 is 0 Å². The van der Waals surface area contributed by atoms with Crippen molar-refractivity contribution < 1.29 is 5.11 Å². The zero-order valence-corrected chi connectivity index (χ0v) is 19.6. The smallest absolute Gasteiger partial charge is 0.0580 e. The van der Waals surface area contributed by atoms with Crippen LogP contribution in [0.1, 0.15) is 92.4 Å². The predicted octanol–water partition coefficient (Wildman–Crippen LogP) is 7.16. The first kappa shape index (κ1) is 20.3. The minimum absolute atomic E-state index is 0.0513. The summed E-state index contributed by atoms with van der Waals surface area (Å²) in [6.07, 6.45) is 17.0. The Labute approximate surface area is 179 Å². The van der Waals surface area contributed by atoms with Gasteiger partial charge in [0.1, 0.15) is 0 Å². The van der Waals surface area contributed by atoms with E-state index >= 15 is 0 Å². The molecule has 0 heterocycles. The molecular formula is C28H44O. The summed E-state index contributed by atoms with van der Waals surface area (Å²) < 4.78 is 0. The molecule has 29 heavy (non-hydrogen) atoms. The second-order valence-corrected chi connectivity index (χ2v) is 12.4. The quantitative estimate of drug-likeness (QED) is 0.500. The molecular weight excluding hydrogens is 352 g/mol. The van der Waals surface area contributed by atoms with Crippen molar-refractivity contribution in [3.8, 4) is 0 Å². The number of fused-ring (bicyclic) bond motifs is 6. The third-order valence-corrected chi connectivity index (χ3v) is 10.9. The van der Waals surface area contributed by atoms with E-state index in [1.807, 2.05) is 0 Å². The Hall–Kier alpha value is -0.560. The van der Waals surface area contributed by atoms with Gasteiger partial charge in [0.05, 0.1) is 6.10 Å².